The third kappa shape index (κ3) is 2.86. The van der Waals surface area contributed by atoms with E-state index in [0.717, 1.165) is 11.3 Å². The Morgan fingerprint density at radius 3 is 2.74 bits per heavy atom. The normalized spacial score (nSPS) is 22.3. The Bertz CT molecular complexity index is 501. The Morgan fingerprint density at radius 1 is 1.42 bits per heavy atom. The maximum Gasteiger partial charge on any atom is 0.322 e. The van der Waals surface area contributed by atoms with Crippen LogP contribution in [0.15, 0.2) is 24.3 Å². The number of carbonyl (C=O) groups excluding carboxylic acids is 1. The van der Waals surface area contributed by atoms with Gasteiger partial charge in [-0.05, 0) is 38.0 Å². The number of hydrogen-bond acceptors (Lipinski definition) is 2. The summed E-state index contributed by atoms with van der Waals surface area (Å²) in [7, 11) is 0. The molecular weight excluding hydrogens is 244 g/mol. The molecule has 19 heavy (non-hydrogen) atoms. The summed E-state index contributed by atoms with van der Waals surface area (Å²) in [6.07, 6.45) is 0.512. The molecule has 0 radical (unpaired) electrons. The van der Waals surface area contributed by atoms with Gasteiger partial charge in [0.2, 0.25) is 0 Å². The minimum atomic E-state index is -0.835. The highest BCUT2D eigenvalue weighted by atomic mass is 16.4. The van der Waals surface area contributed by atoms with Gasteiger partial charge in [0.05, 0.1) is 5.92 Å². The lowest BCUT2D eigenvalue weighted by molar-refractivity contribution is -0.142. The number of urea groups is 1. The molecule has 1 fully saturated rings. The fourth-order valence-electron chi connectivity index (χ4n) is 2.47. The third-order valence-corrected chi connectivity index (χ3v) is 3.60. The van der Waals surface area contributed by atoms with Gasteiger partial charge in [0, 0.05) is 18.3 Å². The fourth-order valence-corrected chi connectivity index (χ4v) is 2.47. The summed E-state index contributed by atoms with van der Waals surface area (Å²) in [6, 6.07) is 7.02. The van der Waals surface area contributed by atoms with Gasteiger partial charge in [0.1, 0.15) is 0 Å². The summed E-state index contributed by atoms with van der Waals surface area (Å²) in [5, 5.41) is 11.9. The Hall–Kier alpha value is -2.04. The van der Waals surface area contributed by atoms with E-state index in [1.807, 2.05) is 31.2 Å². The summed E-state index contributed by atoms with van der Waals surface area (Å²) >= 11 is 0. The molecule has 2 N–H and O–H groups in total. The van der Waals surface area contributed by atoms with Crippen molar-refractivity contribution in [1.82, 2.24) is 4.90 Å². The van der Waals surface area contributed by atoms with Crippen molar-refractivity contribution in [3.05, 3.63) is 29.8 Å². The number of hydrogen-bond donors (Lipinski definition) is 2. The van der Waals surface area contributed by atoms with Gasteiger partial charge in [0.15, 0.2) is 0 Å². The zero-order valence-corrected chi connectivity index (χ0v) is 11.1. The molecule has 1 aliphatic rings. The van der Waals surface area contributed by atoms with Gasteiger partial charge in [0.25, 0.3) is 0 Å². The van der Waals surface area contributed by atoms with Crippen molar-refractivity contribution in [2.75, 3.05) is 11.9 Å². The molecule has 2 atom stereocenters. The predicted octanol–water partition coefficient (Wildman–Crippen LogP) is 2.32. The molecular formula is C14H18N2O3. The molecule has 1 aromatic carbocycles. The van der Waals surface area contributed by atoms with E-state index in [2.05, 4.69) is 5.32 Å². The highest BCUT2D eigenvalue weighted by molar-refractivity contribution is 5.90. The second-order valence-electron chi connectivity index (χ2n) is 4.97. The summed E-state index contributed by atoms with van der Waals surface area (Å²) in [4.78, 5) is 24.7. The molecule has 0 aromatic heterocycles. The molecule has 1 aromatic rings. The van der Waals surface area contributed by atoms with E-state index in [1.54, 1.807) is 11.8 Å². The van der Waals surface area contributed by atoms with Crippen molar-refractivity contribution >= 4 is 17.7 Å². The highest BCUT2D eigenvalue weighted by Crippen LogP contribution is 2.25. The van der Waals surface area contributed by atoms with Gasteiger partial charge in [-0.3, -0.25) is 4.79 Å². The van der Waals surface area contributed by atoms with Crippen molar-refractivity contribution in [2.24, 2.45) is 5.92 Å². The zero-order valence-electron chi connectivity index (χ0n) is 11.1. The molecule has 0 aliphatic carbocycles. The number of benzene rings is 1. The van der Waals surface area contributed by atoms with Crippen LogP contribution in [0.1, 0.15) is 18.9 Å². The number of amides is 2. The lowest BCUT2D eigenvalue weighted by atomic mass is 10.0. The molecule has 102 valence electrons. The monoisotopic (exact) mass is 262 g/mol. The third-order valence-electron chi connectivity index (χ3n) is 3.60. The van der Waals surface area contributed by atoms with E-state index < -0.39 is 11.9 Å². The number of carboxylic acid groups (broad SMARTS) is 1. The summed E-state index contributed by atoms with van der Waals surface area (Å²) < 4.78 is 0. The number of carbonyl (C=O) groups is 2. The van der Waals surface area contributed by atoms with Crippen LogP contribution in [0, 0.1) is 12.8 Å². The standard InChI is InChI=1S/C14H18N2O3/c1-9-4-3-5-11(8-9)15-14(19)16-7-6-12(10(16)2)13(17)18/h3-5,8,10,12H,6-7H2,1-2H3,(H,15,19)(H,17,18). The summed E-state index contributed by atoms with van der Waals surface area (Å²) in [5.74, 6) is -1.30. The van der Waals surface area contributed by atoms with Gasteiger partial charge >= 0.3 is 12.0 Å². The van der Waals surface area contributed by atoms with Crippen LogP contribution in [-0.2, 0) is 4.79 Å². The van der Waals surface area contributed by atoms with Gasteiger partial charge < -0.3 is 15.3 Å². The van der Waals surface area contributed by atoms with Crippen LogP contribution >= 0.6 is 0 Å². The van der Waals surface area contributed by atoms with Crippen molar-refractivity contribution in [2.45, 2.75) is 26.3 Å². The van der Waals surface area contributed by atoms with E-state index in [9.17, 15) is 9.59 Å². The summed E-state index contributed by atoms with van der Waals surface area (Å²) in [6.45, 7) is 4.21. The SMILES string of the molecule is Cc1cccc(NC(=O)N2CCC(C(=O)O)C2C)c1. The molecule has 2 unspecified atom stereocenters. The fraction of sp³-hybridized carbons (Fsp3) is 0.429. The van der Waals surface area contributed by atoms with Crippen molar-refractivity contribution < 1.29 is 14.7 Å². The van der Waals surface area contributed by atoms with Crippen LogP contribution in [0.2, 0.25) is 0 Å². The number of nitrogens with zero attached hydrogens (tertiary/aromatic N) is 1. The number of likely N-dealkylation sites (tertiary alicyclic amines) is 1. The van der Waals surface area contributed by atoms with E-state index in [1.165, 1.54) is 0 Å². The topological polar surface area (TPSA) is 69.6 Å². The van der Waals surface area contributed by atoms with Crippen LogP contribution < -0.4 is 5.32 Å². The minimum Gasteiger partial charge on any atom is -0.481 e. The molecule has 0 spiro atoms. The van der Waals surface area contributed by atoms with E-state index >= 15 is 0 Å². The quantitative estimate of drug-likeness (QED) is 0.859. The average molecular weight is 262 g/mol. The first-order chi connectivity index (χ1) is 8.99. The Labute approximate surface area is 112 Å². The van der Waals surface area contributed by atoms with Crippen molar-refractivity contribution in [3.63, 3.8) is 0 Å². The molecule has 2 amide bonds. The minimum absolute atomic E-state index is 0.234. The molecule has 0 saturated carbocycles. The first kappa shape index (κ1) is 13.4. The van der Waals surface area contributed by atoms with Crippen molar-refractivity contribution in [1.29, 1.82) is 0 Å². The van der Waals surface area contributed by atoms with E-state index in [0.29, 0.717) is 13.0 Å². The Morgan fingerprint density at radius 2 is 2.16 bits per heavy atom. The predicted molar refractivity (Wildman–Crippen MR) is 72.1 cm³/mol. The molecule has 1 saturated heterocycles. The molecule has 1 heterocycles. The van der Waals surface area contributed by atoms with E-state index in [-0.39, 0.29) is 12.1 Å². The molecule has 2 rings (SSSR count). The van der Waals surface area contributed by atoms with Gasteiger partial charge in [-0.25, -0.2) is 4.79 Å². The Balaban J connectivity index is 2.03. The second-order valence-corrected chi connectivity index (χ2v) is 4.97. The van der Waals surface area contributed by atoms with Gasteiger partial charge in [-0.1, -0.05) is 12.1 Å². The summed E-state index contributed by atoms with van der Waals surface area (Å²) in [5.41, 5.74) is 1.80. The average Bonchev–Trinajstić information content (AvgIpc) is 2.71. The maximum atomic E-state index is 12.1. The number of aryl methyl sites for hydroxylation is 1. The van der Waals surface area contributed by atoms with Crippen molar-refractivity contribution in [3.8, 4) is 0 Å². The van der Waals surface area contributed by atoms with Crippen LogP contribution in [0.5, 0.6) is 0 Å². The number of nitrogens with one attached hydrogen (secondary N) is 1. The van der Waals surface area contributed by atoms with Crippen LogP contribution in [0.3, 0.4) is 0 Å². The number of rotatable bonds is 2. The largest absolute Gasteiger partial charge is 0.481 e. The lowest BCUT2D eigenvalue weighted by Crippen LogP contribution is -2.40. The Kier molecular flexibility index (Phi) is 3.74. The second kappa shape index (κ2) is 5.30. The van der Waals surface area contributed by atoms with Crippen LogP contribution in [0.4, 0.5) is 10.5 Å². The first-order valence-electron chi connectivity index (χ1n) is 6.36. The van der Waals surface area contributed by atoms with Crippen LogP contribution in [-0.4, -0.2) is 34.6 Å². The first-order valence-corrected chi connectivity index (χ1v) is 6.36. The van der Waals surface area contributed by atoms with Gasteiger partial charge in [-0.15, -0.1) is 0 Å². The zero-order chi connectivity index (χ0) is 14.0. The highest BCUT2D eigenvalue weighted by Gasteiger charge is 2.38. The number of carboxylic acids is 1. The molecule has 5 heteroatoms. The lowest BCUT2D eigenvalue weighted by Gasteiger charge is -2.23. The van der Waals surface area contributed by atoms with Gasteiger partial charge in [-0.2, -0.15) is 0 Å². The van der Waals surface area contributed by atoms with E-state index in [4.69, 9.17) is 5.11 Å². The number of aliphatic carboxylic acids is 1. The molecule has 0 bridgehead atoms. The maximum absolute atomic E-state index is 12.1. The van der Waals surface area contributed by atoms with Crippen LogP contribution in [0.25, 0.3) is 0 Å². The smallest absolute Gasteiger partial charge is 0.322 e. The molecule has 5 nitrogen and oxygen atoms in total. The number of anilines is 1. The molecule has 1 aliphatic heterocycles.